The fourth-order valence-corrected chi connectivity index (χ4v) is 3.09. The zero-order valence-corrected chi connectivity index (χ0v) is 12.9. The van der Waals surface area contributed by atoms with Crippen LogP contribution in [0.1, 0.15) is 11.1 Å². The molecule has 2 rings (SSSR count). The molecule has 0 radical (unpaired) electrons. The molecule has 0 aliphatic heterocycles. The van der Waals surface area contributed by atoms with Crippen LogP contribution in [0, 0.1) is 0 Å². The van der Waals surface area contributed by atoms with E-state index in [0.717, 1.165) is 27.2 Å². The first kappa shape index (κ1) is 14.7. The van der Waals surface area contributed by atoms with Crippen molar-refractivity contribution in [2.45, 2.75) is 17.2 Å². The largest absolute Gasteiger partial charge is 0.316 e. The minimum Gasteiger partial charge on any atom is -0.316 e. The van der Waals surface area contributed by atoms with Gasteiger partial charge in [-0.3, -0.25) is 0 Å². The first-order valence-corrected chi connectivity index (χ1v) is 7.73. The third kappa shape index (κ3) is 4.43. The number of rotatable bonds is 5. The molecule has 0 saturated heterocycles. The van der Waals surface area contributed by atoms with Crippen molar-refractivity contribution in [1.82, 2.24) is 5.32 Å². The molecule has 1 N–H and O–H groups in total. The molecule has 0 aliphatic rings. The molecule has 2 aromatic carbocycles. The summed E-state index contributed by atoms with van der Waals surface area (Å²) in [5.74, 6) is 0.891. The number of halogens is 2. The standard InChI is InChI=1S/C15H15Cl2NS/c1-18-9-12-4-7-15(14(17)8-12)19-10-11-2-5-13(16)6-3-11/h2-8,18H,9-10H2,1H3. The molecule has 4 heteroatoms. The minimum atomic E-state index is 0.767. The van der Waals surface area contributed by atoms with E-state index in [9.17, 15) is 0 Å². The van der Waals surface area contributed by atoms with Crippen LogP contribution in [0.5, 0.6) is 0 Å². The van der Waals surface area contributed by atoms with Crippen LogP contribution in [0.15, 0.2) is 47.4 Å². The van der Waals surface area contributed by atoms with E-state index in [1.807, 2.05) is 37.4 Å². The second-order valence-electron chi connectivity index (χ2n) is 4.21. The summed E-state index contributed by atoms with van der Waals surface area (Å²) >= 11 is 13.9. The van der Waals surface area contributed by atoms with Crippen molar-refractivity contribution >= 4 is 35.0 Å². The van der Waals surface area contributed by atoms with Gasteiger partial charge in [0.1, 0.15) is 0 Å². The third-order valence-electron chi connectivity index (χ3n) is 2.68. The quantitative estimate of drug-likeness (QED) is 0.779. The van der Waals surface area contributed by atoms with E-state index in [-0.39, 0.29) is 0 Å². The van der Waals surface area contributed by atoms with Gasteiger partial charge >= 0.3 is 0 Å². The summed E-state index contributed by atoms with van der Waals surface area (Å²) < 4.78 is 0. The van der Waals surface area contributed by atoms with E-state index in [2.05, 4.69) is 17.4 Å². The van der Waals surface area contributed by atoms with E-state index < -0.39 is 0 Å². The highest BCUT2D eigenvalue weighted by Gasteiger charge is 2.03. The normalized spacial score (nSPS) is 10.7. The van der Waals surface area contributed by atoms with Gasteiger partial charge in [0, 0.05) is 22.2 Å². The van der Waals surface area contributed by atoms with Gasteiger partial charge in [-0.25, -0.2) is 0 Å². The zero-order chi connectivity index (χ0) is 13.7. The summed E-state index contributed by atoms with van der Waals surface area (Å²) in [6, 6.07) is 14.1. The Hall–Kier alpha value is -0.670. The Balaban J connectivity index is 2.01. The summed E-state index contributed by atoms with van der Waals surface area (Å²) in [5, 5.41) is 4.69. The maximum absolute atomic E-state index is 6.29. The monoisotopic (exact) mass is 311 g/mol. The Morgan fingerprint density at radius 2 is 1.68 bits per heavy atom. The fraction of sp³-hybridized carbons (Fsp3) is 0.200. The predicted octanol–water partition coefficient (Wildman–Crippen LogP) is 5.01. The van der Waals surface area contributed by atoms with Crippen LogP contribution in [0.25, 0.3) is 0 Å². The second kappa shape index (κ2) is 7.20. The molecule has 0 spiro atoms. The lowest BCUT2D eigenvalue weighted by Gasteiger charge is -2.07. The molecule has 0 unspecified atom stereocenters. The van der Waals surface area contributed by atoms with Crippen LogP contribution >= 0.6 is 35.0 Å². The minimum absolute atomic E-state index is 0.767. The zero-order valence-electron chi connectivity index (χ0n) is 10.6. The Morgan fingerprint density at radius 3 is 2.32 bits per heavy atom. The Kier molecular flexibility index (Phi) is 5.59. The average molecular weight is 312 g/mol. The van der Waals surface area contributed by atoms with Crippen LogP contribution in [0.3, 0.4) is 0 Å². The van der Waals surface area contributed by atoms with Gasteiger partial charge in [0.15, 0.2) is 0 Å². The van der Waals surface area contributed by atoms with Gasteiger partial charge < -0.3 is 5.32 Å². The first-order valence-electron chi connectivity index (χ1n) is 5.99. The van der Waals surface area contributed by atoms with Gasteiger partial charge in [-0.15, -0.1) is 11.8 Å². The van der Waals surface area contributed by atoms with Crippen molar-refractivity contribution in [3.8, 4) is 0 Å². The third-order valence-corrected chi connectivity index (χ3v) is 4.51. The molecule has 1 nitrogen and oxygen atoms in total. The van der Waals surface area contributed by atoms with Crippen LogP contribution in [0.4, 0.5) is 0 Å². The summed E-state index contributed by atoms with van der Waals surface area (Å²) in [7, 11) is 1.93. The molecule has 0 saturated carbocycles. The average Bonchev–Trinajstić information content (AvgIpc) is 2.40. The number of hydrogen-bond acceptors (Lipinski definition) is 2. The molecule has 0 aromatic heterocycles. The topological polar surface area (TPSA) is 12.0 Å². The molecular weight excluding hydrogens is 297 g/mol. The highest BCUT2D eigenvalue weighted by Crippen LogP contribution is 2.30. The Morgan fingerprint density at radius 1 is 1.00 bits per heavy atom. The predicted molar refractivity (Wildman–Crippen MR) is 85.2 cm³/mol. The summed E-state index contributed by atoms with van der Waals surface area (Å²) in [6.45, 7) is 0.835. The molecule has 2 aromatic rings. The second-order valence-corrected chi connectivity index (χ2v) is 6.07. The van der Waals surface area contributed by atoms with Crippen molar-refractivity contribution < 1.29 is 0 Å². The van der Waals surface area contributed by atoms with Crippen molar-refractivity contribution in [3.63, 3.8) is 0 Å². The van der Waals surface area contributed by atoms with Crippen LogP contribution in [-0.4, -0.2) is 7.05 Å². The van der Waals surface area contributed by atoms with E-state index >= 15 is 0 Å². The van der Waals surface area contributed by atoms with Gasteiger partial charge in [-0.2, -0.15) is 0 Å². The lowest BCUT2D eigenvalue weighted by molar-refractivity contribution is 0.817. The van der Waals surface area contributed by atoms with Crippen molar-refractivity contribution in [3.05, 3.63) is 63.6 Å². The van der Waals surface area contributed by atoms with Crippen molar-refractivity contribution in [2.75, 3.05) is 7.05 Å². The number of hydrogen-bond donors (Lipinski definition) is 1. The maximum atomic E-state index is 6.29. The summed E-state index contributed by atoms with van der Waals surface area (Å²) in [5.41, 5.74) is 2.44. The summed E-state index contributed by atoms with van der Waals surface area (Å²) in [4.78, 5) is 1.11. The van der Waals surface area contributed by atoms with Gasteiger partial charge in [0.05, 0.1) is 5.02 Å². The molecule has 0 aliphatic carbocycles. The van der Waals surface area contributed by atoms with Gasteiger partial charge in [0.25, 0.3) is 0 Å². The molecule has 100 valence electrons. The highest BCUT2D eigenvalue weighted by molar-refractivity contribution is 7.98. The van der Waals surface area contributed by atoms with E-state index in [4.69, 9.17) is 23.2 Å². The molecular formula is C15H15Cl2NS. The van der Waals surface area contributed by atoms with Crippen LogP contribution < -0.4 is 5.32 Å². The molecule has 0 bridgehead atoms. The smallest absolute Gasteiger partial charge is 0.0545 e. The van der Waals surface area contributed by atoms with Crippen LogP contribution in [0.2, 0.25) is 10.0 Å². The lowest BCUT2D eigenvalue weighted by atomic mass is 10.2. The Bertz CT molecular complexity index is 540. The fourth-order valence-electron chi connectivity index (χ4n) is 1.72. The van der Waals surface area contributed by atoms with Crippen molar-refractivity contribution in [2.24, 2.45) is 0 Å². The lowest BCUT2D eigenvalue weighted by Crippen LogP contribution is -2.04. The molecule has 0 fully saturated rings. The summed E-state index contributed by atoms with van der Waals surface area (Å²) in [6.07, 6.45) is 0. The van der Waals surface area contributed by atoms with Gasteiger partial charge in [-0.1, -0.05) is 41.4 Å². The Labute approximate surface area is 128 Å². The van der Waals surface area contributed by atoms with Crippen molar-refractivity contribution in [1.29, 1.82) is 0 Å². The molecule has 0 heterocycles. The highest BCUT2D eigenvalue weighted by atomic mass is 35.5. The number of nitrogens with one attached hydrogen (secondary N) is 1. The van der Waals surface area contributed by atoms with Gasteiger partial charge in [-0.05, 0) is 42.4 Å². The molecule has 0 amide bonds. The SMILES string of the molecule is CNCc1ccc(SCc2ccc(Cl)cc2)c(Cl)c1. The van der Waals surface area contributed by atoms with Gasteiger partial charge in [0.2, 0.25) is 0 Å². The van der Waals surface area contributed by atoms with E-state index in [1.54, 1.807) is 11.8 Å². The first-order chi connectivity index (χ1) is 9.19. The van der Waals surface area contributed by atoms with Crippen LogP contribution in [-0.2, 0) is 12.3 Å². The molecule has 19 heavy (non-hydrogen) atoms. The maximum Gasteiger partial charge on any atom is 0.0545 e. The number of thioether (sulfide) groups is 1. The van der Waals surface area contributed by atoms with E-state index in [0.29, 0.717) is 0 Å². The van der Waals surface area contributed by atoms with E-state index in [1.165, 1.54) is 11.1 Å². The number of benzene rings is 2. The molecule has 0 atom stereocenters.